The molecule has 0 aromatic rings. The van der Waals surface area contributed by atoms with Crippen molar-refractivity contribution in [3.05, 3.63) is 0 Å². The van der Waals surface area contributed by atoms with Crippen molar-refractivity contribution in [2.45, 2.75) is 31.6 Å². The van der Waals surface area contributed by atoms with Crippen molar-refractivity contribution in [3.8, 4) is 0 Å². The Bertz CT molecular complexity index is 103. The van der Waals surface area contributed by atoms with Crippen LogP contribution in [0.1, 0.15) is 19.8 Å². The fraction of sp³-hybridized carbons (Fsp3) is 1.00. The number of ether oxygens (including phenoxy) is 1. The molecule has 9 heavy (non-hydrogen) atoms. The maximum Gasteiger partial charge on any atom is 0.118 e. The van der Waals surface area contributed by atoms with Gasteiger partial charge in [-0.25, -0.2) is 0 Å². The molecule has 2 atom stereocenters. The van der Waals surface area contributed by atoms with Gasteiger partial charge in [-0.05, 0) is 6.92 Å². The highest BCUT2D eigenvalue weighted by molar-refractivity contribution is 4.77. The molecule has 0 bridgehead atoms. The SMILES string of the molecule is CC1CC(N)(O)CCO1. The Balaban J connectivity index is 2.41. The van der Waals surface area contributed by atoms with Crippen molar-refractivity contribution in [1.82, 2.24) is 0 Å². The van der Waals surface area contributed by atoms with Gasteiger partial charge in [-0.2, -0.15) is 0 Å². The van der Waals surface area contributed by atoms with Crippen LogP contribution in [0, 0.1) is 0 Å². The van der Waals surface area contributed by atoms with Crippen molar-refractivity contribution in [3.63, 3.8) is 0 Å². The molecule has 0 amide bonds. The third-order valence-corrected chi connectivity index (χ3v) is 1.58. The molecule has 2 unspecified atom stereocenters. The highest BCUT2D eigenvalue weighted by atomic mass is 16.5. The Morgan fingerprint density at radius 3 is 2.78 bits per heavy atom. The van der Waals surface area contributed by atoms with Crippen LogP contribution in [0.3, 0.4) is 0 Å². The van der Waals surface area contributed by atoms with E-state index in [-0.39, 0.29) is 6.10 Å². The minimum absolute atomic E-state index is 0.105. The van der Waals surface area contributed by atoms with E-state index in [1.807, 2.05) is 6.92 Å². The second-order valence-corrected chi connectivity index (χ2v) is 2.74. The third kappa shape index (κ3) is 1.93. The van der Waals surface area contributed by atoms with Crippen LogP contribution in [0.25, 0.3) is 0 Å². The maximum absolute atomic E-state index is 9.24. The van der Waals surface area contributed by atoms with Crippen molar-refractivity contribution in [2.24, 2.45) is 5.73 Å². The van der Waals surface area contributed by atoms with Crippen LogP contribution in [-0.2, 0) is 4.74 Å². The molecule has 1 aliphatic rings. The summed E-state index contributed by atoms with van der Waals surface area (Å²) in [6, 6.07) is 0. The van der Waals surface area contributed by atoms with Crippen LogP contribution in [0.5, 0.6) is 0 Å². The topological polar surface area (TPSA) is 55.5 Å². The zero-order chi connectivity index (χ0) is 6.91. The predicted octanol–water partition coefficient (Wildman–Crippen LogP) is -0.167. The molecule has 3 heteroatoms. The van der Waals surface area contributed by atoms with Gasteiger partial charge in [0.25, 0.3) is 0 Å². The zero-order valence-electron chi connectivity index (χ0n) is 5.63. The van der Waals surface area contributed by atoms with Gasteiger partial charge >= 0.3 is 0 Å². The lowest BCUT2D eigenvalue weighted by atomic mass is 10.0. The summed E-state index contributed by atoms with van der Waals surface area (Å²) >= 11 is 0. The van der Waals surface area contributed by atoms with E-state index in [2.05, 4.69) is 0 Å². The van der Waals surface area contributed by atoms with E-state index in [0.29, 0.717) is 19.4 Å². The predicted molar refractivity (Wildman–Crippen MR) is 33.8 cm³/mol. The summed E-state index contributed by atoms with van der Waals surface area (Å²) in [5.74, 6) is 0. The molecule has 1 aliphatic heterocycles. The lowest BCUT2D eigenvalue weighted by Crippen LogP contribution is -2.47. The summed E-state index contributed by atoms with van der Waals surface area (Å²) in [6.45, 7) is 2.49. The van der Waals surface area contributed by atoms with Gasteiger partial charge < -0.3 is 15.6 Å². The highest BCUT2D eigenvalue weighted by Crippen LogP contribution is 2.18. The number of hydrogen-bond acceptors (Lipinski definition) is 3. The fourth-order valence-corrected chi connectivity index (χ4v) is 1.10. The molecule has 0 saturated carbocycles. The van der Waals surface area contributed by atoms with Gasteiger partial charge in [0.15, 0.2) is 0 Å². The Kier molecular flexibility index (Phi) is 1.75. The van der Waals surface area contributed by atoms with E-state index in [0.717, 1.165) is 0 Å². The van der Waals surface area contributed by atoms with Crippen molar-refractivity contribution in [2.75, 3.05) is 6.61 Å². The first-order chi connectivity index (χ1) is 4.10. The molecule has 54 valence electrons. The molecule has 0 aromatic carbocycles. The van der Waals surface area contributed by atoms with Crippen molar-refractivity contribution < 1.29 is 9.84 Å². The standard InChI is InChI=1S/C6H13NO2/c1-5-4-6(7,8)2-3-9-5/h5,8H,2-4,7H2,1H3. The molecule has 0 aromatic heterocycles. The summed E-state index contributed by atoms with van der Waals surface area (Å²) in [7, 11) is 0. The molecule has 1 fully saturated rings. The van der Waals surface area contributed by atoms with Gasteiger partial charge in [0, 0.05) is 12.8 Å². The Hall–Kier alpha value is -0.120. The van der Waals surface area contributed by atoms with Crippen LogP contribution in [-0.4, -0.2) is 23.5 Å². The first kappa shape index (κ1) is 6.99. The monoisotopic (exact) mass is 131 g/mol. The van der Waals surface area contributed by atoms with Gasteiger partial charge in [-0.15, -0.1) is 0 Å². The first-order valence-electron chi connectivity index (χ1n) is 3.23. The molecule has 3 nitrogen and oxygen atoms in total. The molecular formula is C6H13NO2. The largest absolute Gasteiger partial charge is 0.378 e. The Morgan fingerprint density at radius 1 is 1.78 bits per heavy atom. The van der Waals surface area contributed by atoms with Gasteiger partial charge in [0.2, 0.25) is 0 Å². The number of nitrogens with two attached hydrogens (primary N) is 1. The minimum atomic E-state index is -0.975. The second kappa shape index (κ2) is 2.25. The summed E-state index contributed by atoms with van der Waals surface area (Å²) in [5.41, 5.74) is 4.47. The quantitative estimate of drug-likeness (QED) is 0.449. The molecule has 1 rings (SSSR count). The zero-order valence-corrected chi connectivity index (χ0v) is 5.63. The van der Waals surface area contributed by atoms with Crippen LogP contribution < -0.4 is 5.73 Å². The summed E-state index contributed by atoms with van der Waals surface area (Å²) in [6.07, 6.45) is 1.21. The molecule has 1 saturated heterocycles. The number of rotatable bonds is 0. The normalized spacial score (nSPS) is 45.0. The van der Waals surface area contributed by atoms with Gasteiger partial charge in [-0.3, -0.25) is 0 Å². The third-order valence-electron chi connectivity index (χ3n) is 1.58. The summed E-state index contributed by atoms with van der Waals surface area (Å²) < 4.78 is 5.17. The molecule has 0 radical (unpaired) electrons. The molecule has 0 aliphatic carbocycles. The van der Waals surface area contributed by atoms with Gasteiger partial charge in [0.1, 0.15) is 5.72 Å². The van der Waals surface area contributed by atoms with E-state index < -0.39 is 5.72 Å². The highest BCUT2D eigenvalue weighted by Gasteiger charge is 2.28. The van der Waals surface area contributed by atoms with E-state index >= 15 is 0 Å². The number of hydrogen-bond donors (Lipinski definition) is 2. The fourth-order valence-electron chi connectivity index (χ4n) is 1.10. The molecular weight excluding hydrogens is 118 g/mol. The Labute approximate surface area is 54.8 Å². The van der Waals surface area contributed by atoms with Crippen LogP contribution >= 0.6 is 0 Å². The summed E-state index contributed by atoms with van der Waals surface area (Å²) in [5, 5.41) is 9.24. The Morgan fingerprint density at radius 2 is 2.44 bits per heavy atom. The van der Waals surface area contributed by atoms with E-state index in [9.17, 15) is 5.11 Å². The lowest BCUT2D eigenvalue weighted by molar-refractivity contribution is -0.0932. The minimum Gasteiger partial charge on any atom is -0.378 e. The van der Waals surface area contributed by atoms with Gasteiger partial charge in [-0.1, -0.05) is 0 Å². The van der Waals surface area contributed by atoms with Gasteiger partial charge in [0.05, 0.1) is 12.7 Å². The van der Waals surface area contributed by atoms with Crippen LogP contribution in [0.15, 0.2) is 0 Å². The average molecular weight is 131 g/mol. The van der Waals surface area contributed by atoms with E-state index in [1.54, 1.807) is 0 Å². The first-order valence-corrected chi connectivity index (χ1v) is 3.23. The van der Waals surface area contributed by atoms with Crippen molar-refractivity contribution in [1.29, 1.82) is 0 Å². The van der Waals surface area contributed by atoms with Crippen molar-refractivity contribution >= 4 is 0 Å². The van der Waals surface area contributed by atoms with E-state index in [1.165, 1.54) is 0 Å². The molecule has 0 spiro atoms. The average Bonchev–Trinajstić information content (AvgIpc) is 1.60. The molecule has 3 N–H and O–H groups in total. The van der Waals surface area contributed by atoms with E-state index in [4.69, 9.17) is 10.5 Å². The lowest BCUT2D eigenvalue weighted by Gasteiger charge is -2.31. The van der Waals surface area contributed by atoms with Crippen LogP contribution in [0.2, 0.25) is 0 Å². The maximum atomic E-state index is 9.24. The summed E-state index contributed by atoms with van der Waals surface area (Å²) in [4.78, 5) is 0. The second-order valence-electron chi connectivity index (χ2n) is 2.74. The molecule has 1 heterocycles. The smallest absolute Gasteiger partial charge is 0.118 e. The van der Waals surface area contributed by atoms with Crippen LogP contribution in [0.4, 0.5) is 0 Å². The number of aliphatic hydroxyl groups is 1.